The van der Waals surface area contributed by atoms with Gasteiger partial charge in [0.2, 0.25) is 0 Å². The Bertz CT molecular complexity index is 2620. The van der Waals surface area contributed by atoms with Crippen LogP contribution in [0.5, 0.6) is 0 Å². The minimum atomic E-state index is -2.73. The molecule has 8 aromatic rings. The number of allylic oxidation sites excluding steroid dienone is 2. The summed E-state index contributed by atoms with van der Waals surface area (Å²) in [6.07, 6.45) is 7.30. The van der Waals surface area contributed by atoms with Gasteiger partial charge in [-0.05, 0) is 0 Å². The van der Waals surface area contributed by atoms with Crippen LogP contribution in [0.4, 0.5) is 0 Å². The van der Waals surface area contributed by atoms with Crippen LogP contribution in [-0.2, 0) is 33.8 Å². The quantitative estimate of drug-likeness (QED) is 0.114. The number of benzene rings is 8. The van der Waals surface area contributed by atoms with Crippen LogP contribution < -0.4 is 0 Å². The molecule has 2 aliphatic carbocycles. The third-order valence-corrected chi connectivity index (χ3v) is 34.4. The molecule has 0 nitrogen and oxygen atoms in total. The molecule has 2 aliphatic rings. The van der Waals surface area contributed by atoms with Gasteiger partial charge < -0.3 is 0 Å². The fourth-order valence-corrected chi connectivity index (χ4v) is 32.8. The Hall–Kier alpha value is -5.66. The summed E-state index contributed by atoms with van der Waals surface area (Å²) in [4.78, 5) is 0. The van der Waals surface area contributed by atoms with Crippen molar-refractivity contribution < 1.29 is 20.9 Å². The van der Waals surface area contributed by atoms with E-state index in [1.54, 1.807) is 22.3 Å². The van der Waals surface area contributed by atoms with Gasteiger partial charge in [-0.25, -0.2) is 0 Å². The summed E-state index contributed by atoms with van der Waals surface area (Å²) < 4.78 is 0.847. The predicted molar refractivity (Wildman–Crippen MR) is 255 cm³/mol. The monoisotopic (exact) mass is 863 g/mol. The zero-order chi connectivity index (χ0) is 40.4. The fraction of sp³-hybridized carbons (Fsp3) is 0.103. The maximum absolute atomic E-state index is 2.73. The van der Waals surface area contributed by atoms with E-state index in [1.807, 2.05) is 0 Å². The average molecular weight is 865 g/mol. The molecule has 0 amide bonds. The number of fused-ring (bicyclic) bond motifs is 2. The van der Waals surface area contributed by atoms with Gasteiger partial charge in [0.1, 0.15) is 0 Å². The van der Waals surface area contributed by atoms with E-state index < -0.39 is 26.8 Å². The Morgan fingerprint density at radius 1 is 0.350 bits per heavy atom. The Morgan fingerprint density at radius 2 is 0.633 bits per heavy atom. The van der Waals surface area contributed by atoms with Crippen LogP contribution in [0.3, 0.4) is 0 Å². The van der Waals surface area contributed by atoms with Crippen molar-refractivity contribution in [1.29, 1.82) is 0 Å². The summed E-state index contributed by atoms with van der Waals surface area (Å²) in [6.45, 7) is 5.44. The predicted octanol–water partition coefficient (Wildman–Crippen LogP) is 15.0. The van der Waals surface area contributed by atoms with Gasteiger partial charge in [-0.3, -0.25) is 0 Å². The first kappa shape index (κ1) is 38.5. The molecule has 60 heavy (non-hydrogen) atoms. The van der Waals surface area contributed by atoms with Gasteiger partial charge in [0.25, 0.3) is 0 Å². The number of hydrogen-bond acceptors (Lipinski definition) is 0. The van der Waals surface area contributed by atoms with Gasteiger partial charge in [-0.2, -0.15) is 0 Å². The third-order valence-electron chi connectivity index (χ3n) is 12.7. The molecule has 2 atom stereocenters. The summed E-state index contributed by atoms with van der Waals surface area (Å²) >= 11 is -2.73. The molecule has 10 rings (SSSR count). The Labute approximate surface area is 364 Å². The van der Waals surface area contributed by atoms with E-state index in [4.69, 9.17) is 0 Å². The first-order valence-electron chi connectivity index (χ1n) is 21.5. The summed E-state index contributed by atoms with van der Waals surface area (Å²) in [5, 5.41) is 0. The van der Waals surface area contributed by atoms with E-state index in [9.17, 15) is 0 Å². The molecule has 0 aliphatic heterocycles. The normalized spacial score (nSPS) is 15.3. The van der Waals surface area contributed by atoms with Crippen molar-refractivity contribution in [3.63, 3.8) is 0 Å². The first-order chi connectivity index (χ1) is 29.6. The summed E-state index contributed by atoms with van der Waals surface area (Å²) in [7, 11) is 0. The number of rotatable bonds is 11. The van der Waals surface area contributed by atoms with Gasteiger partial charge in [0, 0.05) is 0 Å². The van der Waals surface area contributed by atoms with Crippen molar-refractivity contribution in [2.45, 2.75) is 33.2 Å². The van der Waals surface area contributed by atoms with Crippen molar-refractivity contribution in [1.82, 2.24) is 0 Å². The fourth-order valence-electron chi connectivity index (χ4n) is 10.2. The summed E-state index contributed by atoms with van der Waals surface area (Å²) in [5.74, 6) is -1.30. The molecule has 289 valence electrons. The second-order valence-corrected chi connectivity index (χ2v) is 36.8. The molecule has 2 heteroatoms. The van der Waals surface area contributed by atoms with E-state index in [-0.39, 0.29) is 0 Å². The van der Waals surface area contributed by atoms with Crippen LogP contribution in [0, 0.1) is 0 Å². The molecule has 0 bridgehead atoms. The second-order valence-electron chi connectivity index (χ2n) is 16.7. The van der Waals surface area contributed by atoms with Crippen molar-refractivity contribution in [2.24, 2.45) is 0 Å². The van der Waals surface area contributed by atoms with Crippen LogP contribution in [0.2, 0.25) is 13.1 Å². The molecule has 8 aromatic carbocycles. The SMILES string of the molecule is C[SiH](C)[Zr]([CH]1C(Cc2ccccc2)=Cc2c(-c3ccccc3)ccc(-c3ccccc3)c21)[CH]1C(Cc2ccccc2)=Cc2c(-c3ccccc3)ccc(-c3ccccc3)c21. The average Bonchev–Trinajstić information content (AvgIpc) is 3.86. The van der Waals surface area contributed by atoms with E-state index in [1.165, 1.54) is 66.8 Å². The first-order valence-corrected chi connectivity index (χ1v) is 31.5. The van der Waals surface area contributed by atoms with E-state index >= 15 is 0 Å². The Balaban J connectivity index is 1.26. The van der Waals surface area contributed by atoms with Gasteiger partial charge >= 0.3 is 367 Å². The molecule has 0 N–H and O–H groups in total. The summed E-state index contributed by atoms with van der Waals surface area (Å²) in [5.41, 5.74) is 22.9. The number of hydrogen-bond donors (Lipinski definition) is 0. The van der Waals surface area contributed by atoms with Crippen LogP contribution >= 0.6 is 0 Å². The van der Waals surface area contributed by atoms with Crippen molar-refractivity contribution >= 4 is 18.1 Å². The minimum absolute atomic E-state index is 0.423. The molecule has 2 unspecified atom stereocenters. The van der Waals surface area contributed by atoms with Gasteiger partial charge in [0.05, 0.1) is 0 Å². The van der Waals surface area contributed by atoms with Crippen molar-refractivity contribution in [3.05, 3.63) is 251 Å². The molecule has 0 fully saturated rings. The van der Waals surface area contributed by atoms with Crippen molar-refractivity contribution in [2.75, 3.05) is 0 Å². The Morgan fingerprint density at radius 3 is 0.950 bits per heavy atom. The van der Waals surface area contributed by atoms with Crippen LogP contribution in [0.15, 0.2) is 217 Å². The van der Waals surface area contributed by atoms with Gasteiger partial charge in [0.15, 0.2) is 0 Å². The molecule has 0 heterocycles. The zero-order valence-electron chi connectivity index (χ0n) is 34.4. The van der Waals surface area contributed by atoms with Gasteiger partial charge in [-0.1, -0.05) is 0 Å². The van der Waals surface area contributed by atoms with Gasteiger partial charge in [-0.15, -0.1) is 0 Å². The van der Waals surface area contributed by atoms with Crippen molar-refractivity contribution in [3.8, 4) is 44.5 Å². The van der Waals surface area contributed by atoms with E-state index in [0.29, 0.717) is 7.25 Å². The molecule has 0 aromatic heterocycles. The van der Waals surface area contributed by atoms with E-state index in [2.05, 4.69) is 232 Å². The van der Waals surface area contributed by atoms with E-state index in [0.717, 1.165) is 12.8 Å². The van der Waals surface area contributed by atoms with Crippen LogP contribution in [0.1, 0.15) is 40.6 Å². The Kier molecular flexibility index (Phi) is 11.0. The third kappa shape index (κ3) is 7.42. The molecular weight excluding hydrogens is 816 g/mol. The van der Waals surface area contributed by atoms with Crippen LogP contribution in [-0.4, -0.2) is 5.92 Å². The molecule has 0 saturated heterocycles. The molecule has 0 radical (unpaired) electrons. The second kappa shape index (κ2) is 17.1. The molecule has 0 saturated carbocycles. The topological polar surface area (TPSA) is 0 Å². The summed E-state index contributed by atoms with van der Waals surface area (Å²) in [6, 6.07) is 77.2. The molecular formula is C58H49SiZr. The standard InChI is InChI=1S/2C28H21.C2H7Si.Zr/c2*1-4-10-21(11-5-1)18-22-19-27-25(23-12-6-2-7-13-23)16-17-26(28(27)20-22)24-14-8-3-9-15-24;1-3-2;/h2*1-17,19-20H,18H2;3H,1-2H3;. The maximum atomic E-state index is 2.72. The molecule has 0 spiro atoms. The van der Waals surface area contributed by atoms with Crippen LogP contribution in [0.25, 0.3) is 56.7 Å². The zero-order valence-corrected chi connectivity index (χ0v) is 38.0.